The van der Waals surface area contributed by atoms with E-state index in [1.165, 1.54) is 12.1 Å². The van der Waals surface area contributed by atoms with Crippen LogP contribution < -0.4 is 0 Å². The van der Waals surface area contributed by atoms with E-state index in [0.717, 1.165) is 5.52 Å². The molecule has 2 aromatic rings. The third-order valence-corrected chi connectivity index (χ3v) is 2.50. The minimum Gasteiger partial charge on any atom is -0.309 e. The normalized spacial score (nSPS) is 12.3. The Balaban J connectivity index is 2.80. The van der Waals surface area contributed by atoms with E-state index in [-0.39, 0.29) is 11.4 Å². The first-order valence-corrected chi connectivity index (χ1v) is 5.11. The van der Waals surface area contributed by atoms with Crippen molar-refractivity contribution in [2.45, 2.75) is 26.3 Å². The highest BCUT2D eigenvalue weighted by Gasteiger charge is 2.20. The fourth-order valence-corrected chi connectivity index (χ4v) is 2.10. The van der Waals surface area contributed by atoms with Crippen molar-refractivity contribution >= 4 is 22.6 Å². The SMILES string of the molecule is CC(C)(C)n1c(Cl)nc2cc(F)ccc21. The Kier molecular flexibility index (Phi) is 2.23. The van der Waals surface area contributed by atoms with Crippen molar-refractivity contribution in [3.8, 4) is 0 Å². The predicted molar refractivity (Wildman–Crippen MR) is 59.7 cm³/mol. The van der Waals surface area contributed by atoms with Crippen LogP contribution in [0.4, 0.5) is 4.39 Å². The number of nitrogens with zero attached hydrogens (tertiary/aromatic N) is 2. The van der Waals surface area contributed by atoms with Crippen LogP contribution in [0.3, 0.4) is 0 Å². The van der Waals surface area contributed by atoms with Gasteiger partial charge in [0.1, 0.15) is 5.82 Å². The second-order valence-corrected chi connectivity index (χ2v) is 4.86. The molecule has 4 heteroatoms. The van der Waals surface area contributed by atoms with Gasteiger partial charge in [-0.25, -0.2) is 9.37 Å². The summed E-state index contributed by atoms with van der Waals surface area (Å²) in [5, 5.41) is 0.392. The van der Waals surface area contributed by atoms with Crippen molar-refractivity contribution in [2.75, 3.05) is 0 Å². The molecule has 0 spiro atoms. The Bertz CT molecular complexity index is 511. The third kappa shape index (κ3) is 1.72. The summed E-state index contributed by atoms with van der Waals surface area (Å²) in [6.07, 6.45) is 0. The third-order valence-electron chi connectivity index (χ3n) is 2.25. The van der Waals surface area contributed by atoms with Gasteiger partial charge in [0.25, 0.3) is 0 Å². The highest BCUT2D eigenvalue weighted by Crippen LogP contribution is 2.27. The maximum atomic E-state index is 13.0. The van der Waals surface area contributed by atoms with Gasteiger partial charge in [-0.15, -0.1) is 0 Å². The lowest BCUT2D eigenvalue weighted by atomic mass is 10.1. The lowest BCUT2D eigenvalue weighted by Gasteiger charge is -2.22. The summed E-state index contributed by atoms with van der Waals surface area (Å²) in [7, 11) is 0. The number of aromatic nitrogens is 2. The number of imidazole rings is 1. The number of fused-ring (bicyclic) bond motifs is 1. The van der Waals surface area contributed by atoms with Crippen molar-refractivity contribution in [3.63, 3.8) is 0 Å². The molecule has 15 heavy (non-hydrogen) atoms. The molecule has 0 radical (unpaired) electrons. The molecule has 0 aliphatic carbocycles. The van der Waals surface area contributed by atoms with Gasteiger partial charge in [0.05, 0.1) is 11.0 Å². The molecular weight excluding hydrogens is 215 g/mol. The molecule has 2 rings (SSSR count). The molecule has 0 amide bonds. The molecule has 2 nitrogen and oxygen atoms in total. The average molecular weight is 227 g/mol. The van der Waals surface area contributed by atoms with Crippen LogP contribution in [-0.4, -0.2) is 9.55 Å². The van der Waals surface area contributed by atoms with Crippen LogP contribution in [0.1, 0.15) is 20.8 Å². The van der Waals surface area contributed by atoms with Gasteiger partial charge in [0, 0.05) is 11.6 Å². The Morgan fingerprint density at radius 1 is 1.33 bits per heavy atom. The van der Waals surface area contributed by atoms with Crippen LogP contribution in [0.15, 0.2) is 18.2 Å². The lowest BCUT2D eigenvalue weighted by Crippen LogP contribution is -2.21. The van der Waals surface area contributed by atoms with Gasteiger partial charge in [-0.05, 0) is 44.5 Å². The monoisotopic (exact) mass is 226 g/mol. The second-order valence-electron chi connectivity index (χ2n) is 4.52. The molecular formula is C11H12ClFN2. The van der Waals surface area contributed by atoms with Gasteiger partial charge in [0.2, 0.25) is 5.28 Å². The first kappa shape index (κ1) is 10.4. The number of halogens is 2. The molecule has 0 saturated carbocycles. The van der Waals surface area contributed by atoms with E-state index in [9.17, 15) is 4.39 Å². The summed E-state index contributed by atoms with van der Waals surface area (Å²) in [5.41, 5.74) is 1.28. The quantitative estimate of drug-likeness (QED) is 0.671. The number of rotatable bonds is 0. The first-order valence-electron chi connectivity index (χ1n) is 4.73. The zero-order valence-electron chi connectivity index (χ0n) is 8.88. The summed E-state index contributed by atoms with van der Waals surface area (Å²) < 4.78 is 14.9. The summed E-state index contributed by atoms with van der Waals surface area (Å²) in [6.45, 7) is 6.09. The van der Waals surface area contributed by atoms with Crippen LogP contribution in [-0.2, 0) is 5.54 Å². The Morgan fingerprint density at radius 3 is 2.60 bits per heavy atom. The van der Waals surface area contributed by atoms with Crippen LogP contribution in [0.25, 0.3) is 11.0 Å². The van der Waals surface area contributed by atoms with Gasteiger partial charge >= 0.3 is 0 Å². The van der Waals surface area contributed by atoms with Gasteiger partial charge in [-0.3, -0.25) is 0 Å². The van der Waals surface area contributed by atoms with Gasteiger partial charge < -0.3 is 4.57 Å². The standard InChI is InChI=1S/C11H12ClFN2/c1-11(2,3)15-9-5-4-7(13)6-8(9)14-10(15)12/h4-6H,1-3H3. The Labute approximate surface area is 92.7 Å². The zero-order chi connectivity index (χ0) is 11.2. The topological polar surface area (TPSA) is 17.8 Å². The molecule has 0 unspecified atom stereocenters. The van der Waals surface area contributed by atoms with E-state index in [2.05, 4.69) is 4.98 Å². The van der Waals surface area contributed by atoms with E-state index >= 15 is 0 Å². The summed E-state index contributed by atoms with van der Waals surface area (Å²) in [5.74, 6) is -0.294. The van der Waals surface area contributed by atoms with E-state index in [1.807, 2.05) is 25.3 Å². The highest BCUT2D eigenvalue weighted by molar-refractivity contribution is 6.29. The minimum atomic E-state index is -0.294. The van der Waals surface area contributed by atoms with Crippen molar-refractivity contribution < 1.29 is 4.39 Å². The second kappa shape index (κ2) is 3.20. The summed E-state index contributed by atoms with van der Waals surface area (Å²) in [4.78, 5) is 4.13. The lowest BCUT2D eigenvalue weighted by molar-refractivity contribution is 0.409. The molecule has 0 atom stereocenters. The molecule has 80 valence electrons. The van der Waals surface area contributed by atoms with E-state index in [1.54, 1.807) is 6.07 Å². The van der Waals surface area contributed by atoms with Gasteiger partial charge in [0.15, 0.2) is 0 Å². The van der Waals surface area contributed by atoms with Crippen molar-refractivity contribution in [3.05, 3.63) is 29.3 Å². The Hall–Kier alpha value is -1.09. The smallest absolute Gasteiger partial charge is 0.204 e. The summed E-state index contributed by atoms with van der Waals surface area (Å²) >= 11 is 6.03. The Morgan fingerprint density at radius 2 is 2.00 bits per heavy atom. The first-order chi connectivity index (χ1) is 6.89. The van der Waals surface area contributed by atoms with Gasteiger partial charge in [-0.2, -0.15) is 0 Å². The molecule has 1 heterocycles. The fourth-order valence-electron chi connectivity index (χ4n) is 1.66. The highest BCUT2D eigenvalue weighted by atomic mass is 35.5. The van der Waals surface area contributed by atoms with Gasteiger partial charge in [-0.1, -0.05) is 0 Å². The number of benzene rings is 1. The fraction of sp³-hybridized carbons (Fsp3) is 0.364. The van der Waals surface area contributed by atoms with Crippen LogP contribution >= 0.6 is 11.6 Å². The molecule has 0 N–H and O–H groups in total. The average Bonchev–Trinajstić information content (AvgIpc) is 2.38. The predicted octanol–water partition coefficient (Wildman–Crippen LogP) is 3.58. The molecule has 1 aromatic carbocycles. The summed E-state index contributed by atoms with van der Waals surface area (Å²) in [6, 6.07) is 4.51. The van der Waals surface area contributed by atoms with Crippen LogP contribution in [0.5, 0.6) is 0 Å². The minimum absolute atomic E-state index is 0.163. The van der Waals surface area contributed by atoms with Crippen molar-refractivity contribution in [2.24, 2.45) is 0 Å². The molecule has 0 saturated heterocycles. The molecule has 1 aromatic heterocycles. The van der Waals surface area contributed by atoms with E-state index in [0.29, 0.717) is 10.8 Å². The molecule has 0 aliphatic heterocycles. The van der Waals surface area contributed by atoms with E-state index < -0.39 is 0 Å². The van der Waals surface area contributed by atoms with E-state index in [4.69, 9.17) is 11.6 Å². The van der Waals surface area contributed by atoms with Crippen LogP contribution in [0.2, 0.25) is 5.28 Å². The molecule has 0 aliphatic rings. The van der Waals surface area contributed by atoms with Crippen molar-refractivity contribution in [1.82, 2.24) is 9.55 Å². The maximum absolute atomic E-state index is 13.0. The largest absolute Gasteiger partial charge is 0.309 e. The number of hydrogen-bond donors (Lipinski definition) is 0. The number of hydrogen-bond acceptors (Lipinski definition) is 1. The molecule has 0 bridgehead atoms. The molecule has 0 fully saturated rings. The maximum Gasteiger partial charge on any atom is 0.204 e. The zero-order valence-corrected chi connectivity index (χ0v) is 9.64. The van der Waals surface area contributed by atoms with Crippen molar-refractivity contribution in [1.29, 1.82) is 0 Å². The van der Waals surface area contributed by atoms with Crippen LogP contribution in [0, 0.1) is 5.82 Å².